The van der Waals surface area contributed by atoms with E-state index in [1.165, 1.54) is 26.4 Å². The Morgan fingerprint density at radius 3 is 2.57 bits per heavy atom. The highest BCUT2D eigenvalue weighted by molar-refractivity contribution is 5.99. The lowest BCUT2D eigenvalue weighted by Crippen LogP contribution is -2.33. The average molecular weight is 318 g/mol. The lowest BCUT2D eigenvalue weighted by Gasteiger charge is -2.18. The van der Waals surface area contributed by atoms with Crippen molar-refractivity contribution in [1.82, 2.24) is 10.2 Å². The van der Waals surface area contributed by atoms with E-state index in [4.69, 9.17) is 9.47 Å². The molecule has 0 bridgehead atoms. The molecule has 1 aromatic carbocycles. The highest BCUT2D eigenvalue weighted by Gasteiger charge is 2.43. The second kappa shape index (κ2) is 5.91. The van der Waals surface area contributed by atoms with Crippen LogP contribution in [0, 0.1) is 11.8 Å². The Balaban J connectivity index is 1.85. The van der Waals surface area contributed by atoms with Crippen LogP contribution in [0.25, 0.3) is 0 Å². The van der Waals surface area contributed by atoms with Crippen LogP contribution in [0.2, 0.25) is 0 Å². The van der Waals surface area contributed by atoms with E-state index in [0.717, 1.165) is 0 Å². The molecule has 2 saturated heterocycles. The fraction of sp³-hybridized carbons (Fsp3) is 0.438. The van der Waals surface area contributed by atoms with Crippen LogP contribution in [-0.2, 0) is 9.53 Å². The van der Waals surface area contributed by atoms with Gasteiger partial charge < -0.3 is 19.7 Å². The van der Waals surface area contributed by atoms with Gasteiger partial charge in [0.1, 0.15) is 5.75 Å². The van der Waals surface area contributed by atoms with E-state index < -0.39 is 5.97 Å². The van der Waals surface area contributed by atoms with Gasteiger partial charge in [0, 0.05) is 31.1 Å². The number of likely N-dealkylation sites (tertiary alicyclic amines) is 1. The van der Waals surface area contributed by atoms with Gasteiger partial charge in [-0.05, 0) is 18.2 Å². The van der Waals surface area contributed by atoms with Crippen LogP contribution in [-0.4, -0.2) is 56.5 Å². The van der Waals surface area contributed by atoms with Gasteiger partial charge in [-0.1, -0.05) is 0 Å². The van der Waals surface area contributed by atoms with Crippen molar-refractivity contribution in [2.75, 3.05) is 33.9 Å². The van der Waals surface area contributed by atoms with Crippen LogP contribution >= 0.6 is 0 Å². The largest absolute Gasteiger partial charge is 0.497 e. The first-order valence-electron chi connectivity index (χ1n) is 7.38. The van der Waals surface area contributed by atoms with Gasteiger partial charge in [0.05, 0.1) is 25.7 Å². The van der Waals surface area contributed by atoms with Gasteiger partial charge >= 0.3 is 5.97 Å². The Bertz CT molecular complexity index is 672. The summed E-state index contributed by atoms with van der Waals surface area (Å²) >= 11 is 0. The fourth-order valence-electron chi connectivity index (χ4n) is 3.16. The normalized spacial score (nSPS) is 22.5. The van der Waals surface area contributed by atoms with Gasteiger partial charge in [-0.3, -0.25) is 9.59 Å². The highest BCUT2D eigenvalue weighted by atomic mass is 16.5. The zero-order valence-electron chi connectivity index (χ0n) is 13.0. The van der Waals surface area contributed by atoms with Crippen molar-refractivity contribution in [2.45, 2.75) is 0 Å². The Hall–Kier alpha value is -2.57. The molecule has 122 valence electrons. The molecule has 1 N–H and O–H groups in total. The van der Waals surface area contributed by atoms with Gasteiger partial charge in [-0.2, -0.15) is 0 Å². The maximum atomic E-state index is 12.7. The van der Waals surface area contributed by atoms with E-state index >= 15 is 0 Å². The Kier molecular flexibility index (Phi) is 3.94. The fourth-order valence-corrected chi connectivity index (χ4v) is 3.16. The predicted molar refractivity (Wildman–Crippen MR) is 80.2 cm³/mol. The van der Waals surface area contributed by atoms with Crippen molar-refractivity contribution in [3.8, 4) is 5.75 Å². The smallest absolute Gasteiger partial charge is 0.338 e. The number of carbonyl (C=O) groups is 3. The molecule has 0 unspecified atom stereocenters. The molecule has 7 nitrogen and oxygen atoms in total. The average Bonchev–Trinajstić information content (AvgIpc) is 3.15. The number of methoxy groups -OCH3 is 2. The molecule has 2 amide bonds. The second-order valence-corrected chi connectivity index (χ2v) is 5.76. The van der Waals surface area contributed by atoms with Crippen molar-refractivity contribution >= 4 is 17.8 Å². The summed E-state index contributed by atoms with van der Waals surface area (Å²) in [5, 5.41) is 2.81. The number of carbonyl (C=O) groups excluding carboxylic acids is 3. The molecule has 0 radical (unpaired) electrons. The molecule has 2 fully saturated rings. The van der Waals surface area contributed by atoms with Gasteiger partial charge in [0.25, 0.3) is 5.91 Å². The molecule has 0 aliphatic carbocycles. The number of nitrogens with zero attached hydrogens (tertiary/aromatic N) is 1. The SMILES string of the molecule is COC(=O)c1cc(OC)cc(C(=O)N2C[C@@H]3CNC(=O)[C@@H]3C2)c1. The lowest BCUT2D eigenvalue weighted by molar-refractivity contribution is -0.122. The molecule has 0 spiro atoms. The molecule has 0 saturated carbocycles. The maximum Gasteiger partial charge on any atom is 0.338 e. The number of amides is 2. The Morgan fingerprint density at radius 1 is 1.17 bits per heavy atom. The van der Waals surface area contributed by atoms with Crippen LogP contribution in [0.15, 0.2) is 18.2 Å². The van der Waals surface area contributed by atoms with Crippen molar-refractivity contribution < 1.29 is 23.9 Å². The number of esters is 1. The van der Waals surface area contributed by atoms with Crippen LogP contribution < -0.4 is 10.1 Å². The van der Waals surface area contributed by atoms with E-state index in [-0.39, 0.29) is 29.2 Å². The number of nitrogens with one attached hydrogen (secondary N) is 1. The highest BCUT2D eigenvalue weighted by Crippen LogP contribution is 2.29. The summed E-state index contributed by atoms with van der Waals surface area (Å²) in [5.74, 6) is -0.298. The first-order valence-corrected chi connectivity index (χ1v) is 7.38. The summed E-state index contributed by atoms with van der Waals surface area (Å²) in [6, 6.07) is 4.60. The molecule has 23 heavy (non-hydrogen) atoms. The maximum absolute atomic E-state index is 12.7. The second-order valence-electron chi connectivity index (χ2n) is 5.76. The molecule has 0 aromatic heterocycles. The van der Waals surface area contributed by atoms with Gasteiger partial charge in [0.2, 0.25) is 5.91 Å². The number of fused-ring (bicyclic) bond motifs is 1. The van der Waals surface area contributed by atoms with E-state index in [0.29, 0.717) is 30.9 Å². The third-order valence-electron chi connectivity index (χ3n) is 4.41. The summed E-state index contributed by atoms with van der Waals surface area (Å²) in [6.45, 7) is 1.55. The minimum absolute atomic E-state index is 0.00573. The van der Waals surface area contributed by atoms with E-state index in [1.54, 1.807) is 11.0 Å². The third-order valence-corrected chi connectivity index (χ3v) is 4.41. The quantitative estimate of drug-likeness (QED) is 0.810. The number of rotatable bonds is 3. The molecule has 2 aliphatic rings. The molecular weight excluding hydrogens is 300 g/mol. The minimum atomic E-state index is -0.532. The van der Waals surface area contributed by atoms with Crippen LogP contribution in [0.5, 0.6) is 5.75 Å². The monoisotopic (exact) mass is 318 g/mol. The number of benzene rings is 1. The summed E-state index contributed by atoms with van der Waals surface area (Å²) in [4.78, 5) is 37.8. The topological polar surface area (TPSA) is 84.9 Å². The summed E-state index contributed by atoms with van der Waals surface area (Å²) < 4.78 is 9.85. The molecule has 3 rings (SSSR count). The van der Waals surface area contributed by atoms with E-state index in [1.807, 2.05) is 0 Å². The Labute approximate surface area is 133 Å². The van der Waals surface area contributed by atoms with Gasteiger partial charge in [0.15, 0.2) is 0 Å². The van der Waals surface area contributed by atoms with Crippen LogP contribution in [0.1, 0.15) is 20.7 Å². The summed E-state index contributed by atoms with van der Waals surface area (Å²) in [6.07, 6.45) is 0. The van der Waals surface area contributed by atoms with Crippen molar-refractivity contribution in [3.05, 3.63) is 29.3 Å². The van der Waals surface area contributed by atoms with E-state index in [2.05, 4.69) is 5.32 Å². The minimum Gasteiger partial charge on any atom is -0.497 e. The summed E-state index contributed by atoms with van der Waals surface area (Å²) in [5.41, 5.74) is 0.609. The molecule has 1 aromatic rings. The van der Waals surface area contributed by atoms with Gasteiger partial charge in [-0.15, -0.1) is 0 Å². The van der Waals surface area contributed by atoms with Gasteiger partial charge in [-0.25, -0.2) is 4.79 Å². The first-order chi connectivity index (χ1) is 11.0. The van der Waals surface area contributed by atoms with E-state index in [9.17, 15) is 14.4 Å². The molecule has 2 heterocycles. The number of ether oxygens (including phenoxy) is 2. The zero-order valence-corrected chi connectivity index (χ0v) is 13.0. The third kappa shape index (κ3) is 2.74. The molecule has 2 aliphatic heterocycles. The lowest BCUT2D eigenvalue weighted by atomic mass is 10.0. The number of hydrogen-bond acceptors (Lipinski definition) is 5. The predicted octanol–water partition coefficient (Wildman–Crippen LogP) is 0.300. The molecular formula is C16H18N2O5. The summed E-state index contributed by atoms with van der Waals surface area (Å²) in [7, 11) is 2.75. The van der Waals surface area contributed by atoms with Crippen LogP contribution in [0.3, 0.4) is 0 Å². The molecule has 7 heteroatoms. The number of hydrogen-bond donors (Lipinski definition) is 1. The Morgan fingerprint density at radius 2 is 1.91 bits per heavy atom. The van der Waals surface area contributed by atoms with Crippen molar-refractivity contribution in [2.24, 2.45) is 11.8 Å². The van der Waals surface area contributed by atoms with Crippen molar-refractivity contribution in [3.63, 3.8) is 0 Å². The standard InChI is InChI=1S/C16H18N2O5/c1-22-12-4-9(3-10(5-12)16(21)23-2)15(20)18-7-11-6-17-14(19)13(11)8-18/h3-5,11,13H,6-8H2,1-2H3,(H,17,19)/t11-,13+/m0/s1. The van der Waals surface area contributed by atoms with Crippen LogP contribution in [0.4, 0.5) is 0 Å². The first kappa shape index (κ1) is 15.3. The zero-order chi connectivity index (χ0) is 16.6. The van der Waals surface area contributed by atoms with Crippen molar-refractivity contribution in [1.29, 1.82) is 0 Å². The molecule has 2 atom stereocenters.